The highest BCUT2D eigenvalue weighted by molar-refractivity contribution is 7.89. The molecule has 21 heavy (non-hydrogen) atoms. The first kappa shape index (κ1) is 14.5. The van der Waals surface area contributed by atoms with E-state index in [2.05, 4.69) is 15.4 Å². The molecule has 1 heterocycles. The van der Waals surface area contributed by atoms with Crippen LogP contribution in [0, 0.1) is 11.8 Å². The number of nitrogens with one attached hydrogen (secondary N) is 3. The molecular formula is C14H19N3O3S. The second-order valence-electron chi connectivity index (χ2n) is 5.69. The Bertz CT molecular complexity index is 632. The fourth-order valence-corrected chi connectivity index (χ4v) is 4.19. The lowest BCUT2D eigenvalue weighted by Crippen LogP contribution is -2.32. The minimum Gasteiger partial charge on any atom is -0.352 e. The fourth-order valence-electron chi connectivity index (χ4n) is 2.85. The molecule has 1 saturated carbocycles. The number of hydrogen-bond donors (Lipinski definition) is 3. The molecule has 7 heteroatoms. The molecule has 6 nitrogen and oxygen atoms in total. The van der Waals surface area contributed by atoms with Gasteiger partial charge in [-0.3, -0.25) is 4.79 Å². The summed E-state index contributed by atoms with van der Waals surface area (Å²) in [4.78, 5) is 11.1. The largest absolute Gasteiger partial charge is 0.352 e. The lowest BCUT2D eigenvalue weighted by atomic mass is 10.2. The zero-order chi connectivity index (χ0) is 15.0. The van der Waals surface area contributed by atoms with E-state index in [1.165, 1.54) is 6.92 Å². The molecule has 0 radical (unpaired) electrons. The van der Waals surface area contributed by atoms with Crippen molar-refractivity contribution >= 4 is 15.9 Å². The summed E-state index contributed by atoms with van der Waals surface area (Å²) >= 11 is 0. The predicted molar refractivity (Wildman–Crippen MR) is 77.9 cm³/mol. The first-order valence-corrected chi connectivity index (χ1v) is 8.52. The van der Waals surface area contributed by atoms with Crippen LogP contribution < -0.4 is 15.4 Å². The van der Waals surface area contributed by atoms with Crippen LogP contribution in [0.5, 0.6) is 0 Å². The Hall–Kier alpha value is -1.44. The first-order valence-electron chi connectivity index (χ1n) is 7.04. The third-order valence-corrected chi connectivity index (χ3v) is 5.63. The number of hydrogen-bond acceptors (Lipinski definition) is 4. The van der Waals surface area contributed by atoms with Gasteiger partial charge in [-0.05, 0) is 42.6 Å². The maximum Gasteiger partial charge on any atom is 0.240 e. The lowest BCUT2D eigenvalue weighted by molar-refractivity contribution is -0.119. The molecule has 3 N–H and O–H groups in total. The highest BCUT2D eigenvalue weighted by Gasteiger charge is 2.54. The zero-order valence-corrected chi connectivity index (χ0v) is 12.6. The maximum absolute atomic E-state index is 12.3. The van der Waals surface area contributed by atoms with Gasteiger partial charge in [-0.15, -0.1) is 0 Å². The fraction of sp³-hybridized carbons (Fsp3) is 0.500. The molecule has 2 fully saturated rings. The van der Waals surface area contributed by atoms with Gasteiger partial charge in [0.1, 0.15) is 0 Å². The minimum absolute atomic E-state index is 0.0790. The average molecular weight is 309 g/mol. The average Bonchev–Trinajstić information content (AvgIpc) is 2.88. The summed E-state index contributed by atoms with van der Waals surface area (Å²) in [6, 6.07) is 6.68. The summed E-state index contributed by atoms with van der Waals surface area (Å²) in [5, 5.41) is 5.92. The van der Waals surface area contributed by atoms with Gasteiger partial charge in [-0.1, -0.05) is 12.1 Å². The Kier molecular flexibility index (Phi) is 3.73. The standard InChI is InChI=1S/C14H19N3O3S/c1-9(18)16-6-10-2-4-11(5-3-10)21(19,20)17-14-12-7-15-8-13(12)14/h2-5,12-15,17H,6-8H2,1H3,(H,16,18). The van der Waals surface area contributed by atoms with Crippen molar-refractivity contribution in [2.75, 3.05) is 13.1 Å². The van der Waals surface area contributed by atoms with Gasteiger partial charge in [0.2, 0.25) is 15.9 Å². The van der Waals surface area contributed by atoms with Crippen LogP contribution in [0.3, 0.4) is 0 Å². The normalized spacial score (nSPS) is 27.2. The molecule has 2 unspecified atom stereocenters. The smallest absolute Gasteiger partial charge is 0.240 e. The summed E-state index contributed by atoms with van der Waals surface area (Å²) in [5.41, 5.74) is 0.872. The van der Waals surface area contributed by atoms with Crippen LogP contribution in [0.4, 0.5) is 0 Å². The van der Waals surface area contributed by atoms with Crippen LogP contribution in [-0.2, 0) is 21.4 Å². The number of benzene rings is 1. The Morgan fingerprint density at radius 2 is 1.86 bits per heavy atom. The van der Waals surface area contributed by atoms with Gasteiger partial charge in [-0.2, -0.15) is 0 Å². The van der Waals surface area contributed by atoms with Crippen molar-refractivity contribution < 1.29 is 13.2 Å². The summed E-state index contributed by atoms with van der Waals surface area (Å²) in [7, 11) is -3.45. The third-order valence-electron chi connectivity index (χ3n) is 4.16. The molecule has 2 atom stereocenters. The monoisotopic (exact) mass is 309 g/mol. The second kappa shape index (κ2) is 5.40. The second-order valence-corrected chi connectivity index (χ2v) is 7.40. The van der Waals surface area contributed by atoms with Crippen LogP contribution in [0.15, 0.2) is 29.2 Å². The molecule has 114 valence electrons. The van der Waals surface area contributed by atoms with Gasteiger partial charge in [0.05, 0.1) is 4.90 Å². The van der Waals surface area contributed by atoms with E-state index in [-0.39, 0.29) is 16.8 Å². The van der Waals surface area contributed by atoms with Gasteiger partial charge in [-0.25, -0.2) is 13.1 Å². The molecule has 1 aromatic carbocycles. The van der Waals surface area contributed by atoms with Crippen molar-refractivity contribution in [2.24, 2.45) is 11.8 Å². The van der Waals surface area contributed by atoms with Crippen molar-refractivity contribution in [1.29, 1.82) is 0 Å². The van der Waals surface area contributed by atoms with Gasteiger partial charge in [0.25, 0.3) is 0 Å². The van der Waals surface area contributed by atoms with Gasteiger partial charge >= 0.3 is 0 Å². The van der Waals surface area contributed by atoms with Crippen molar-refractivity contribution in [2.45, 2.75) is 24.4 Å². The molecule has 0 spiro atoms. The van der Waals surface area contributed by atoms with E-state index in [4.69, 9.17) is 0 Å². The molecule has 1 aliphatic carbocycles. The van der Waals surface area contributed by atoms with E-state index < -0.39 is 10.0 Å². The quantitative estimate of drug-likeness (QED) is 0.704. The van der Waals surface area contributed by atoms with Gasteiger partial charge < -0.3 is 10.6 Å². The van der Waals surface area contributed by atoms with Crippen molar-refractivity contribution in [3.8, 4) is 0 Å². The zero-order valence-electron chi connectivity index (χ0n) is 11.8. The van der Waals surface area contributed by atoms with Crippen LogP contribution in [0.25, 0.3) is 0 Å². The minimum atomic E-state index is -3.45. The first-order chi connectivity index (χ1) is 9.97. The topological polar surface area (TPSA) is 87.3 Å². The third kappa shape index (κ3) is 3.09. The van der Waals surface area contributed by atoms with E-state index in [1.54, 1.807) is 24.3 Å². The van der Waals surface area contributed by atoms with Crippen LogP contribution in [0.2, 0.25) is 0 Å². The number of fused-ring (bicyclic) bond motifs is 1. The molecule has 3 rings (SSSR count). The molecule has 2 aliphatic rings. The van der Waals surface area contributed by atoms with E-state index >= 15 is 0 Å². The number of carbonyl (C=O) groups is 1. The number of sulfonamides is 1. The summed E-state index contributed by atoms with van der Waals surface area (Å²) in [6.45, 7) is 3.65. The van der Waals surface area contributed by atoms with Crippen molar-refractivity contribution in [3.63, 3.8) is 0 Å². The van der Waals surface area contributed by atoms with Gasteiger partial charge in [0.15, 0.2) is 0 Å². The lowest BCUT2D eigenvalue weighted by Gasteiger charge is -2.09. The summed E-state index contributed by atoms with van der Waals surface area (Å²) in [6.07, 6.45) is 0. The van der Waals surface area contributed by atoms with E-state index in [0.717, 1.165) is 18.7 Å². The van der Waals surface area contributed by atoms with E-state index in [9.17, 15) is 13.2 Å². The van der Waals surface area contributed by atoms with E-state index in [1.807, 2.05) is 0 Å². The Labute approximate surface area is 124 Å². The highest BCUT2D eigenvalue weighted by atomic mass is 32.2. The van der Waals surface area contributed by atoms with Gasteiger partial charge in [0, 0.05) is 19.5 Å². The van der Waals surface area contributed by atoms with Crippen molar-refractivity contribution in [3.05, 3.63) is 29.8 Å². The molecule has 1 saturated heterocycles. The maximum atomic E-state index is 12.3. The van der Waals surface area contributed by atoms with Crippen molar-refractivity contribution in [1.82, 2.24) is 15.4 Å². The molecular weight excluding hydrogens is 290 g/mol. The SMILES string of the molecule is CC(=O)NCc1ccc(S(=O)(=O)NC2C3CNCC32)cc1. The number of amides is 1. The highest BCUT2D eigenvalue weighted by Crippen LogP contribution is 2.42. The van der Waals surface area contributed by atoms with Crippen LogP contribution >= 0.6 is 0 Å². The van der Waals surface area contributed by atoms with E-state index in [0.29, 0.717) is 18.4 Å². The summed E-state index contributed by atoms with van der Waals surface area (Å²) in [5.74, 6) is 0.778. The number of carbonyl (C=O) groups excluding carboxylic acids is 1. The molecule has 0 aromatic heterocycles. The summed E-state index contributed by atoms with van der Waals surface area (Å²) < 4.78 is 27.4. The van der Waals surface area contributed by atoms with Crippen LogP contribution in [0.1, 0.15) is 12.5 Å². The molecule has 1 aromatic rings. The van der Waals surface area contributed by atoms with Crippen LogP contribution in [-0.4, -0.2) is 33.5 Å². The molecule has 0 bridgehead atoms. The Morgan fingerprint density at radius 3 is 2.43 bits per heavy atom. The number of rotatable bonds is 5. The number of piperidine rings is 1. The molecule has 1 aliphatic heterocycles. The Balaban J connectivity index is 1.64. The molecule has 1 amide bonds. The predicted octanol–water partition coefficient (Wildman–Crippen LogP) is -0.181. The Morgan fingerprint density at radius 1 is 1.24 bits per heavy atom.